The van der Waals surface area contributed by atoms with Crippen LogP contribution in [0.1, 0.15) is 32.6 Å². The van der Waals surface area contributed by atoms with E-state index in [4.69, 9.17) is 4.98 Å². The molecule has 1 fully saturated rings. The third-order valence-electron chi connectivity index (χ3n) is 5.50. The van der Waals surface area contributed by atoms with Crippen molar-refractivity contribution < 1.29 is 13.2 Å². The topological polar surface area (TPSA) is 97.2 Å². The zero-order valence-electron chi connectivity index (χ0n) is 18.2. The zero-order chi connectivity index (χ0) is 22.7. The van der Waals surface area contributed by atoms with Crippen molar-refractivity contribution in [2.45, 2.75) is 38.6 Å². The molecule has 1 aliphatic heterocycles. The van der Waals surface area contributed by atoms with Crippen LogP contribution in [-0.4, -0.2) is 51.5 Å². The van der Waals surface area contributed by atoms with Crippen LogP contribution in [0.5, 0.6) is 0 Å². The van der Waals surface area contributed by atoms with Gasteiger partial charge >= 0.3 is 0 Å². The van der Waals surface area contributed by atoms with E-state index in [1.54, 1.807) is 6.20 Å². The molecular weight excluding hydrogens is 446 g/mol. The third kappa shape index (κ3) is 4.62. The number of nitrogens with one attached hydrogen (secondary N) is 1. The van der Waals surface area contributed by atoms with E-state index in [0.717, 1.165) is 34.8 Å². The molecule has 3 heterocycles. The average molecular weight is 474 g/mol. The smallest absolute Gasteiger partial charge is 0.244 e. The lowest BCUT2D eigenvalue weighted by atomic mass is 10.0. The van der Waals surface area contributed by atoms with Gasteiger partial charge in [-0.25, -0.2) is 18.4 Å². The van der Waals surface area contributed by atoms with Crippen molar-refractivity contribution in [3.8, 4) is 22.0 Å². The normalized spacial score (nSPS) is 17.4. The van der Waals surface area contributed by atoms with Crippen LogP contribution in [0.15, 0.2) is 42.7 Å². The summed E-state index contributed by atoms with van der Waals surface area (Å²) in [5.74, 6) is 0.478. The Morgan fingerprint density at radius 1 is 1.25 bits per heavy atom. The van der Waals surface area contributed by atoms with Crippen molar-refractivity contribution in [1.82, 2.24) is 18.8 Å². The number of imidazole rings is 1. The van der Waals surface area contributed by atoms with Crippen LogP contribution >= 0.6 is 11.3 Å². The summed E-state index contributed by atoms with van der Waals surface area (Å²) in [5.41, 5.74) is 1.66. The number of carbonyl (C=O) groups excluding carboxylic acids is 1. The monoisotopic (exact) mass is 473 g/mol. The molecule has 1 aliphatic rings. The summed E-state index contributed by atoms with van der Waals surface area (Å²) in [4.78, 5) is 23.2. The van der Waals surface area contributed by atoms with Gasteiger partial charge in [-0.15, -0.1) is 0 Å². The number of amides is 1. The van der Waals surface area contributed by atoms with Gasteiger partial charge in [0.25, 0.3) is 0 Å². The van der Waals surface area contributed by atoms with Crippen molar-refractivity contribution in [1.29, 1.82) is 0 Å². The van der Waals surface area contributed by atoms with Crippen LogP contribution in [0.25, 0.3) is 22.0 Å². The Hall–Kier alpha value is -2.56. The summed E-state index contributed by atoms with van der Waals surface area (Å²) in [6.07, 6.45) is 6.21. The first kappa shape index (κ1) is 22.6. The van der Waals surface area contributed by atoms with Crippen molar-refractivity contribution >= 4 is 32.4 Å². The number of nitrogens with zero attached hydrogens (tertiary/aromatic N) is 4. The summed E-state index contributed by atoms with van der Waals surface area (Å²) in [5, 5.41) is 3.33. The largest absolute Gasteiger partial charge is 0.333 e. The van der Waals surface area contributed by atoms with Gasteiger partial charge in [0.05, 0.1) is 16.3 Å². The van der Waals surface area contributed by atoms with Crippen LogP contribution in [0, 0.1) is 0 Å². The van der Waals surface area contributed by atoms with Crippen LogP contribution in [0.3, 0.4) is 0 Å². The van der Waals surface area contributed by atoms with Gasteiger partial charge in [-0.05, 0) is 19.3 Å². The minimum Gasteiger partial charge on any atom is -0.333 e. The Bertz CT molecular complexity index is 1190. The highest BCUT2D eigenvalue weighted by Crippen LogP contribution is 2.38. The van der Waals surface area contributed by atoms with E-state index in [0.29, 0.717) is 24.5 Å². The molecule has 3 aromatic rings. The number of anilines is 1. The maximum Gasteiger partial charge on any atom is 0.244 e. The number of rotatable bonds is 7. The lowest BCUT2D eigenvalue weighted by Crippen LogP contribution is -2.50. The minimum absolute atomic E-state index is 0.0511. The first-order valence-corrected chi connectivity index (χ1v) is 13.2. The lowest BCUT2D eigenvalue weighted by Gasteiger charge is -2.33. The molecule has 0 spiro atoms. The van der Waals surface area contributed by atoms with Crippen LogP contribution in [-0.2, 0) is 21.9 Å². The van der Waals surface area contributed by atoms with Crippen molar-refractivity contribution in [3.05, 3.63) is 42.7 Å². The van der Waals surface area contributed by atoms with Gasteiger partial charge < -0.3 is 9.88 Å². The number of carbonyl (C=O) groups is 1. The highest BCUT2D eigenvalue weighted by atomic mass is 32.2. The van der Waals surface area contributed by atoms with Crippen molar-refractivity contribution in [2.24, 2.45) is 7.05 Å². The molecule has 0 radical (unpaired) electrons. The SMILES string of the molecule is CCCS(=O)(=O)N1CCCCC1C(=O)Nc1nc(-c2ccccc2)c(-c2nccn2C)s1. The van der Waals surface area contributed by atoms with Crippen LogP contribution in [0.4, 0.5) is 5.13 Å². The van der Waals surface area contributed by atoms with E-state index >= 15 is 0 Å². The van der Waals surface area contributed by atoms with Gasteiger partial charge in [-0.1, -0.05) is 55.0 Å². The van der Waals surface area contributed by atoms with Gasteiger partial charge in [-0.3, -0.25) is 4.79 Å². The molecule has 4 rings (SSSR count). The summed E-state index contributed by atoms with van der Waals surface area (Å²) in [7, 11) is -1.55. The highest BCUT2D eigenvalue weighted by molar-refractivity contribution is 7.89. The van der Waals surface area contributed by atoms with E-state index < -0.39 is 16.1 Å². The Balaban J connectivity index is 1.65. The maximum absolute atomic E-state index is 13.2. The molecule has 0 bridgehead atoms. The van der Waals surface area contributed by atoms with Gasteiger partial charge in [0.15, 0.2) is 11.0 Å². The lowest BCUT2D eigenvalue weighted by molar-refractivity contribution is -0.120. The molecule has 8 nitrogen and oxygen atoms in total. The highest BCUT2D eigenvalue weighted by Gasteiger charge is 2.36. The maximum atomic E-state index is 13.2. The first-order chi connectivity index (χ1) is 15.4. The second-order valence-corrected chi connectivity index (χ2v) is 10.9. The number of thiazole rings is 1. The number of hydrogen-bond donors (Lipinski definition) is 1. The van der Waals surface area contributed by atoms with Gasteiger partial charge in [-0.2, -0.15) is 4.31 Å². The first-order valence-electron chi connectivity index (χ1n) is 10.7. The average Bonchev–Trinajstić information content (AvgIpc) is 3.40. The standard InChI is InChI=1S/C22H27N5O3S2/c1-3-15-32(29,30)27-13-8-7-11-17(27)21(28)25-22-24-18(16-9-5-4-6-10-16)19(31-22)20-23-12-14-26(20)2/h4-6,9-10,12,14,17H,3,7-8,11,13,15H2,1-2H3,(H,24,25,28). The number of hydrogen-bond acceptors (Lipinski definition) is 6. The summed E-state index contributed by atoms with van der Waals surface area (Å²) in [6, 6.07) is 9.04. The predicted octanol–water partition coefficient (Wildman–Crippen LogP) is 3.74. The van der Waals surface area contributed by atoms with E-state index in [9.17, 15) is 13.2 Å². The van der Waals surface area contributed by atoms with Gasteiger partial charge in [0.1, 0.15) is 6.04 Å². The molecule has 1 unspecified atom stereocenters. The molecule has 170 valence electrons. The van der Waals surface area contributed by atoms with Crippen molar-refractivity contribution in [2.75, 3.05) is 17.6 Å². The Kier molecular flexibility index (Phi) is 6.73. The second-order valence-electron chi connectivity index (χ2n) is 7.85. The summed E-state index contributed by atoms with van der Waals surface area (Å²) >= 11 is 1.34. The number of benzene rings is 1. The number of sulfonamides is 1. The molecule has 2 aromatic heterocycles. The Morgan fingerprint density at radius 3 is 2.72 bits per heavy atom. The van der Waals surface area contributed by atoms with E-state index in [1.165, 1.54) is 15.6 Å². The molecule has 10 heteroatoms. The van der Waals surface area contributed by atoms with Gasteiger partial charge in [0.2, 0.25) is 15.9 Å². The molecule has 32 heavy (non-hydrogen) atoms. The number of aryl methyl sites for hydroxylation is 1. The molecular formula is C22H27N5O3S2. The molecule has 1 saturated heterocycles. The van der Waals surface area contributed by atoms with Crippen LogP contribution in [0.2, 0.25) is 0 Å². The van der Waals surface area contributed by atoms with Gasteiger partial charge in [0, 0.05) is 31.5 Å². The van der Waals surface area contributed by atoms with Crippen molar-refractivity contribution in [3.63, 3.8) is 0 Å². The zero-order valence-corrected chi connectivity index (χ0v) is 19.8. The number of piperidine rings is 1. The van der Waals surface area contributed by atoms with Crippen LogP contribution < -0.4 is 5.32 Å². The minimum atomic E-state index is -3.46. The molecule has 1 aromatic carbocycles. The third-order valence-corrected chi connectivity index (χ3v) is 8.55. The Labute approximate surface area is 192 Å². The predicted molar refractivity (Wildman–Crippen MR) is 127 cm³/mol. The van der Waals surface area contributed by atoms with E-state index in [1.807, 2.05) is 55.1 Å². The molecule has 0 saturated carbocycles. The second kappa shape index (κ2) is 9.51. The Morgan fingerprint density at radius 2 is 2.03 bits per heavy atom. The fourth-order valence-electron chi connectivity index (χ4n) is 3.97. The molecule has 1 amide bonds. The van der Waals surface area contributed by atoms with E-state index in [-0.39, 0.29) is 11.7 Å². The molecule has 1 atom stereocenters. The quantitative estimate of drug-likeness (QED) is 0.564. The summed E-state index contributed by atoms with van der Waals surface area (Å²) < 4.78 is 28.7. The fourth-order valence-corrected chi connectivity index (χ4v) is 6.74. The molecule has 0 aliphatic carbocycles. The van der Waals surface area contributed by atoms with E-state index in [2.05, 4.69) is 10.3 Å². The number of aromatic nitrogens is 3. The molecule has 1 N–H and O–H groups in total. The summed E-state index contributed by atoms with van der Waals surface area (Å²) in [6.45, 7) is 2.21. The fraction of sp³-hybridized carbons (Fsp3) is 0.409.